The second-order valence-electron chi connectivity index (χ2n) is 3.25. The van der Waals surface area contributed by atoms with Gasteiger partial charge in [0.05, 0.1) is 0 Å². The third-order valence-electron chi connectivity index (χ3n) is 1.82. The molecule has 1 N–H and O–H groups in total. The summed E-state index contributed by atoms with van der Waals surface area (Å²) in [6.45, 7) is 0.551. The molecular weight excluding hydrogens is 210 g/mol. The number of thiol groups is 1. The lowest BCUT2D eigenvalue weighted by molar-refractivity contribution is 0.0951. The molecule has 1 amide bonds. The van der Waals surface area contributed by atoms with Crippen LogP contribution in [0, 0.1) is 0 Å². The topological polar surface area (TPSA) is 45.2 Å². The van der Waals surface area contributed by atoms with Crippen LogP contribution in [0.5, 0.6) is 0 Å². The van der Waals surface area contributed by atoms with Crippen LogP contribution in [0.3, 0.4) is 0 Å². The number of amides is 1. The summed E-state index contributed by atoms with van der Waals surface area (Å²) < 4.78 is 0. The number of nitrogens with one attached hydrogen (secondary N) is 1. The van der Waals surface area contributed by atoms with Crippen molar-refractivity contribution in [1.82, 2.24) is 10.3 Å². The van der Waals surface area contributed by atoms with Crippen molar-refractivity contribution < 1.29 is 4.79 Å². The van der Waals surface area contributed by atoms with Gasteiger partial charge in [0.2, 0.25) is 0 Å². The Morgan fingerprint density at radius 3 is 2.87 bits per heavy atom. The summed E-state index contributed by atoms with van der Waals surface area (Å²) in [7, 11) is 3.77. The van der Waals surface area contributed by atoms with Gasteiger partial charge in [-0.25, -0.2) is 4.98 Å². The van der Waals surface area contributed by atoms with E-state index < -0.39 is 0 Å². The molecule has 1 aromatic heterocycles. The number of hydrogen-bond donors (Lipinski definition) is 2. The van der Waals surface area contributed by atoms with Gasteiger partial charge in [-0.15, -0.1) is 0 Å². The third-order valence-corrected chi connectivity index (χ3v) is 2.05. The molecule has 0 saturated carbocycles. The van der Waals surface area contributed by atoms with E-state index in [1.165, 1.54) is 0 Å². The van der Waals surface area contributed by atoms with E-state index in [-0.39, 0.29) is 5.91 Å². The predicted octanol–water partition coefficient (Wildman–Crippen LogP) is 0.807. The molecule has 5 heteroatoms. The molecular formula is C10H15N3OS. The minimum Gasteiger partial charge on any atom is -0.363 e. The predicted molar refractivity (Wildman–Crippen MR) is 64.8 cm³/mol. The molecule has 4 nitrogen and oxygen atoms in total. The van der Waals surface area contributed by atoms with E-state index in [2.05, 4.69) is 22.9 Å². The molecule has 1 aromatic rings. The van der Waals surface area contributed by atoms with Gasteiger partial charge in [0.1, 0.15) is 11.5 Å². The maximum Gasteiger partial charge on any atom is 0.269 e. The Hall–Kier alpha value is -1.23. The van der Waals surface area contributed by atoms with Crippen molar-refractivity contribution in [3.8, 4) is 0 Å². The summed E-state index contributed by atoms with van der Waals surface area (Å²) in [6, 6.07) is 5.37. The Bertz CT molecular complexity index is 341. The Balaban J connectivity index is 2.76. The van der Waals surface area contributed by atoms with Gasteiger partial charge in [0, 0.05) is 26.4 Å². The lowest BCUT2D eigenvalue weighted by Gasteiger charge is -2.11. The average Bonchev–Trinajstić information content (AvgIpc) is 2.26. The number of pyridine rings is 1. The van der Waals surface area contributed by atoms with Gasteiger partial charge in [0.15, 0.2) is 0 Å². The standard InChI is InChI=1S/C10H15N3OS/c1-13(2)9-5-3-4-8(12-9)10(14)11-6-7-15/h3-5,15H,6-7H2,1-2H3,(H,11,14). The van der Waals surface area contributed by atoms with E-state index in [1.807, 2.05) is 31.1 Å². The minimum absolute atomic E-state index is 0.159. The molecule has 1 heterocycles. The lowest BCUT2D eigenvalue weighted by atomic mass is 10.3. The first kappa shape index (κ1) is 11.8. The van der Waals surface area contributed by atoms with E-state index in [9.17, 15) is 4.79 Å². The van der Waals surface area contributed by atoms with E-state index in [4.69, 9.17) is 0 Å². The highest BCUT2D eigenvalue weighted by Crippen LogP contribution is 2.07. The summed E-state index contributed by atoms with van der Waals surface area (Å²) in [6.07, 6.45) is 0. The van der Waals surface area contributed by atoms with Crippen LogP contribution in [0.2, 0.25) is 0 Å². The Morgan fingerprint density at radius 1 is 1.53 bits per heavy atom. The van der Waals surface area contributed by atoms with Crippen molar-refractivity contribution in [2.75, 3.05) is 31.3 Å². The van der Waals surface area contributed by atoms with Gasteiger partial charge in [-0.3, -0.25) is 4.79 Å². The first-order valence-electron chi connectivity index (χ1n) is 4.68. The van der Waals surface area contributed by atoms with Crippen LogP contribution in [-0.4, -0.2) is 37.3 Å². The van der Waals surface area contributed by atoms with Gasteiger partial charge in [-0.05, 0) is 12.1 Å². The highest BCUT2D eigenvalue weighted by Gasteiger charge is 2.07. The number of nitrogens with zero attached hydrogens (tertiary/aromatic N) is 2. The van der Waals surface area contributed by atoms with E-state index in [0.717, 1.165) is 5.82 Å². The van der Waals surface area contributed by atoms with E-state index in [1.54, 1.807) is 6.07 Å². The molecule has 0 atom stereocenters. The number of hydrogen-bond acceptors (Lipinski definition) is 4. The molecule has 0 spiro atoms. The molecule has 0 aliphatic rings. The van der Waals surface area contributed by atoms with E-state index >= 15 is 0 Å². The largest absolute Gasteiger partial charge is 0.363 e. The Labute approximate surface area is 95.1 Å². The Kier molecular flexibility index (Phi) is 4.42. The van der Waals surface area contributed by atoms with Gasteiger partial charge in [-0.1, -0.05) is 6.07 Å². The van der Waals surface area contributed by atoms with Crippen molar-refractivity contribution >= 4 is 24.4 Å². The second-order valence-corrected chi connectivity index (χ2v) is 3.70. The third kappa shape index (κ3) is 3.43. The summed E-state index contributed by atoms with van der Waals surface area (Å²) >= 11 is 4.02. The zero-order chi connectivity index (χ0) is 11.3. The molecule has 1 rings (SSSR count). The fourth-order valence-corrected chi connectivity index (χ4v) is 1.17. The van der Waals surface area contributed by atoms with Crippen LogP contribution in [0.1, 0.15) is 10.5 Å². The number of carbonyl (C=O) groups excluding carboxylic acids is 1. The molecule has 0 aliphatic carbocycles. The SMILES string of the molecule is CN(C)c1cccc(C(=O)NCCS)n1. The maximum atomic E-state index is 11.6. The van der Waals surface area contributed by atoms with Crippen LogP contribution in [0.25, 0.3) is 0 Å². The van der Waals surface area contributed by atoms with E-state index in [0.29, 0.717) is 18.0 Å². The molecule has 0 saturated heterocycles. The quantitative estimate of drug-likeness (QED) is 0.745. The molecule has 0 bridgehead atoms. The summed E-state index contributed by atoms with van der Waals surface area (Å²) in [5.41, 5.74) is 0.433. The number of carbonyl (C=O) groups is 1. The first-order chi connectivity index (χ1) is 7.15. The molecule has 82 valence electrons. The molecule has 0 aromatic carbocycles. The van der Waals surface area contributed by atoms with Crippen LogP contribution < -0.4 is 10.2 Å². The van der Waals surface area contributed by atoms with Crippen LogP contribution in [0.4, 0.5) is 5.82 Å². The van der Waals surface area contributed by atoms with Crippen molar-refractivity contribution in [3.63, 3.8) is 0 Å². The van der Waals surface area contributed by atoms with Crippen molar-refractivity contribution in [3.05, 3.63) is 23.9 Å². The molecule has 0 radical (unpaired) electrons. The first-order valence-corrected chi connectivity index (χ1v) is 5.32. The minimum atomic E-state index is -0.159. The number of anilines is 1. The average molecular weight is 225 g/mol. The van der Waals surface area contributed by atoms with Gasteiger partial charge < -0.3 is 10.2 Å². The monoisotopic (exact) mass is 225 g/mol. The molecule has 0 unspecified atom stereocenters. The smallest absolute Gasteiger partial charge is 0.269 e. The molecule has 0 fully saturated rings. The normalized spacial score (nSPS) is 9.80. The Morgan fingerprint density at radius 2 is 2.27 bits per heavy atom. The van der Waals surface area contributed by atoms with Crippen LogP contribution in [0.15, 0.2) is 18.2 Å². The highest BCUT2D eigenvalue weighted by atomic mass is 32.1. The fraction of sp³-hybridized carbons (Fsp3) is 0.400. The second kappa shape index (κ2) is 5.60. The van der Waals surface area contributed by atoms with Gasteiger partial charge in [0.25, 0.3) is 5.91 Å². The maximum absolute atomic E-state index is 11.6. The zero-order valence-corrected chi connectivity index (χ0v) is 9.79. The fourth-order valence-electron chi connectivity index (χ4n) is 1.06. The van der Waals surface area contributed by atoms with Crippen LogP contribution >= 0.6 is 12.6 Å². The van der Waals surface area contributed by atoms with Gasteiger partial charge >= 0.3 is 0 Å². The summed E-state index contributed by atoms with van der Waals surface area (Å²) in [4.78, 5) is 17.6. The number of rotatable bonds is 4. The molecule has 0 aliphatic heterocycles. The van der Waals surface area contributed by atoms with Crippen molar-refractivity contribution in [2.45, 2.75) is 0 Å². The van der Waals surface area contributed by atoms with Crippen molar-refractivity contribution in [1.29, 1.82) is 0 Å². The summed E-state index contributed by atoms with van der Waals surface area (Å²) in [5.74, 6) is 1.24. The van der Waals surface area contributed by atoms with Gasteiger partial charge in [-0.2, -0.15) is 12.6 Å². The number of aromatic nitrogens is 1. The highest BCUT2D eigenvalue weighted by molar-refractivity contribution is 7.80. The lowest BCUT2D eigenvalue weighted by Crippen LogP contribution is -2.26. The molecule has 15 heavy (non-hydrogen) atoms. The van der Waals surface area contributed by atoms with Crippen molar-refractivity contribution in [2.24, 2.45) is 0 Å². The van der Waals surface area contributed by atoms with Crippen LogP contribution in [-0.2, 0) is 0 Å². The zero-order valence-electron chi connectivity index (χ0n) is 8.90. The summed E-state index contributed by atoms with van der Waals surface area (Å²) in [5, 5.41) is 2.72.